The van der Waals surface area contributed by atoms with Gasteiger partial charge >= 0.3 is 0 Å². The van der Waals surface area contributed by atoms with Crippen LogP contribution in [0.5, 0.6) is 0 Å². The summed E-state index contributed by atoms with van der Waals surface area (Å²) in [7, 11) is 0. The maximum atomic E-state index is 12.4. The van der Waals surface area contributed by atoms with E-state index in [1.54, 1.807) is 28.8 Å². The number of fused-ring (bicyclic) bond motifs is 1. The first-order chi connectivity index (χ1) is 13.2. The lowest BCUT2D eigenvalue weighted by Crippen LogP contribution is -2.24. The van der Waals surface area contributed by atoms with E-state index in [-0.39, 0.29) is 18.3 Å². The molecule has 1 aliphatic rings. The van der Waals surface area contributed by atoms with E-state index in [4.69, 9.17) is 6.17 Å². The van der Waals surface area contributed by atoms with E-state index >= 15 is 0 Å². The summed E-state index contributed by atoms with van der Waals surface area (Å²) in [6, 6.07) is 8.79. The summed E-state index contributed by atoms with van der Waals surface area (Å²) in [5.41, 5.74) is 1.39. The van der Waals surface area contributed by atoms with Crippen LogP contribution in [0, 0.1) is 0 Å². The van der Waals surface area contributed by atoms with Gasteiger partial charge in [-0.15, -0.1) is 0 Å². The lowest BCUT2D eigenvalue weighted by Gasteiger charge is -2.13. The Labute approximate surface area is 149 Å². The van der Waals surface area contributed by atoms with Crippen LogP contribution in [0.25, 0.3) is 11.2 Å². The van der Waals surface area contributed by atoms with E-state index in [9.17, 15) is 9.90 Å². The normalized spacial score (nSPS) is 23.1. The molecule has 2 aromatic heterocycles. The predicted octanol–water partition coefficient (Wildman–Crippen LogP) is 0.719. The second-order valence-corrected chi connectivity index (χ2v) is 5.97. The molecule has 0 aliphatic carbocycles. The van der Waals surface area contributed by atoms with Crippen molar-refractivity contribution in [1.29, 1.82) is 1.43 Å². The molecule has 26 heavy (non-hydrogen) atoms. The number of amides is 1. The number of aliphatic hydroxyl groups is 2. The number of hydrogen-bond donors (Lipinski definition) is 3. The summed E-state index contributed by atoms with van der Waals surface area (Å²) in [6.45, 7) is -0.0301. The van der Waals surface area contributed by atoms with E-state index in [1.165, 1.54) is 12.7 Å². The van der Waals surface area contributed by atoms with E-state index in [1.807, 2.05) is 6.07 Å². The molecule has 0 radical (unpaired) electrons. The van der Waals surface area contributed by atoms with Crippen molar-refractivity contribution in [2.75, 3.05) is 11.9 Å². The first-order valence-electron chi connectivity index (χ1n) is 8.53. The molecule has 9 heteroatoms. The zero-order chi connectivity index (χ0) is 18.8. The number of carbonyl (C=O) groups excluding carboxylic acids is 1. The topological polar surface area (TPSA) is 122 Å². The molecule has 0 spiro atoms. The van der Waals surface area contributed by atoms with Crippen molar-refractivity contribution in [3.63, 3.8) is 0 Å². The number of nitrogens with zero attached hydrogens (tertiary/aromatic N) is 4. The number of benzene rings is 1. The highest BCUT2D eigenvalue weighted by Crippen LogP contribution is 2.31. The van der Waals surface area contributed by atoms with Gasteiger partial charge in [0.05, 0.1) is 19.0 Å². The smallest absolute Gasteiger partial charge is 0.256 e. The van der Waals surface area contributed by atoms with E-state index in [2.05, 4.69) is 25.4 Å². The molecule has 1 aromatic carbocycles. The Kier molecular flexibility index (Phi) is 4.02. The molecule has 3 atom stereocenters. The summed E-state index contributed by atoms with van der Waals surface area (Å²) in [4.78, 5) is 25.0. The first-order valence-corrected chi connectivity index (χ1v) is 8.13. The van der Waals surface area contributed by atoms with Gasteiger partial charge in [-0.2, -0.15) is 0 Å². The van der Waals surface area contributed by atoms with Crippen molar-refractivity contribution < 1.29 is 19.7 Å². The number of hydrogen-bond acceptors (Lipinski definition) is 7. The fourth-order valence-corrected chi connectivity index (χ4v) is 2.96. The first kappa shape index (κ1) is 15.4. The standard InChI is InChI=1S/C17H17N5O4/c23-7-12-11(24)6-13(26-12)22-9-20-14-15(18-8-19-16(14)22)21-17(25)10-4-2-1-3-5-10/h1-5,8-9,11-13,23-24H,6-7H2,(H,18,19,21,25)/t11?,12-,13-/m1/s1/i23D. The summed E-state index contributed by atoms with van der Waals surface area (Å²) in [6.07, 6.45) is 1.32. The molecular formula is C17H17N5O4. The zero-order valence-corrected chi connectivity index (χ0v) is 13.6. The summed E-state index contributed by atoms with van der Waals surface area (Å²) in [5.74, 6) is -0.0115. The molecule has 1 aliphatic heterocycles. The van der Waals surface area contributed by atoms with Gasteiger partial charge in [-0.05, 0) is 12.1 Å². The molecule has 1 unspecified atom stereocenters. The van der Waals surface area contributed by atoms with Crippen LogP contribution in [0.3, 0.4) is 0 Å². The number of rotatable bonds is 5. The van der Waals surface area contributed by atoms with Crippen LogP contribution in [-0.2, 0) is 4.74 Å². The molecule has 3 heterocycles. The molecule has 0 bridgehead atoms. The molecule has 4 rings (SSSR count). The van der Waals surface area contributed by atoms with Crippen molar-refractivity contribution in [1.82, 2.24) is 19.5 Å². The molecule has 134 valence electrons. The van der Waals surface area contributed by atoms with Crippen LogP contribution >= 0.6 is 0 Å². The quantitative estimate of drug-likeness (QED) is 0.615. The number of aromatic nitrogens is 4. The largest absolute Gasteiger partial charge is 0.394 e. The number of ether oxygens (including phenoxy) is 1. The van der Waals surface area contributed by atoms with E-state index in [0.29, 0.717) is 23.1 Å². The molecular weight excluding hydrogens is 338 g/mol. The molecule has 3 aromatic rings. The zero-order valence-electron chi connectivity index (χ0n) is 14.6. The van der Waals surface area contributed by atoms with Gasteiger partial charge < -0.3 is 20.3 Å². The predicted molar refractivity (Wildman–Crippen MR) is 91.3 cm³/mol. The van der Waals surface area contributed by atoms with Crippen LogP contribution < -0.4 is 5.32 Å². The maximum absolute atomic E-state index is 12.4. The monoisotopic (exact) mass is 356 g/mol. The van der Waals surface area contributed by atoms with Crippen LogP contribution in [0.1, 0.15) is 23.0 Å². The third kappa shape index (κ3) is 2.92. The molecule has 1 saturated heterocycles. The second-order valence-electron chi connectivity index (χ2n) is 5.97. The van der Waals surface area contributed by atoms with Gasteiger partial charge in [0.2, 0.25) is 1.43 Å². The highest BCUT2D eigenvalue weighted by molar-refractivity contribution is 6.06. The molecule has 1 amide bonds. The average molecular weight is 356 g/mol. The van der Waals surface area contributed by atoms with Gasteiger partial charge in [0.1, 0.15) is 18.7 Å². The van der Waals surface area contributed by atoms with Crippen molar-refractivity contribution >= 4 is 22.9 Å². The Morgan fingerprint density at radius 2 is 2.19 bits per heavy atom. The Morgan fingerprint density at radius 1 is 1.35 bits per heavy atom. The van der Waals surface area contributed by atoms with Crippen molar-refractivity contribution in [2.24, 2.45) is 0 Å². The minimum Gasteiger partial charge on any atom is -0.394 e. The Bertz CT molecular complexity index is 951. The summed E-state index contributed by atoms with van der Waals surface area (Å²) < 4.78 is 14.2. The summed E-state index contributed by atoms with van der Waals surface area (Å²) >= 11 is 0. The Hall–Kier alpha value is -2.88. The number of aliphatic hydroxyl groups excluding tert-OH is 2. The lowest BCUT2D eigenvalue weighted by molar-refractivity contribution is -0.0432. The SMILES string of the molecule is [2H]OC[C@H]1O[C@@H](n2cnc3c(NC(=O)c4ccccc4)ncnc32)CC1O. The van der Waals surface area contributed by atoms with Gasteiger partial charge in [0.25, 0.3) is 5.91 Å². The van der Waals surface area contributed by atoms with Crippen molar-refractivity contribution in [3.8, 4) is 0 Å². The van der Waals surface area contributed by atoms with E-state index < -0.39 is 18.4 Å². The van der Waals surface area contributed by atoms with Crippen molar-refractivity contribution in [2.45, 2.75) is 24.9 Å². The van der Waals surface area contributed by atoms with Gasteiger partial charge in [-0.3, -0.25) is 9.36 Å². The second kappa shape index (κ2) is 6.79. The van der Waals surface area contributed by atoms with Gasteiger partial charge in [0.15, 0.2) is 17.0 Å². The molecule has 1 fully saturated rings. The van der Waals surface area contributed by atoms with Crippen LogP contribution in [-0.4, -0.2) is 55.9 Å². The Balaban J connectivity index is 1.60. The minimum absolute atomic E-state index is 0.0301. The highest BCUT2D eigenvalue weighted by atomic mass is 16.5. The third-order valence-corrected chi connectivity index (χ3v) is 4.31. The van der Waals surface area contributed by atoms with Gasteiger partial charge in [0, 0.05) is 12.0 Å². The third-order valence-electron chi connectivity index (χ3n) is 4.31. The van der Waals surface area contributed by atoms with Crippen molar-refractivity contribution in [3.05, 3.63) is 48.5 Å². The van der Waals surface area contributed by atoms with Crippen LogP contribution in [0.15, 0.2) is 43.0 Å². The number of imidazole rings is 1. The van der Waals surface area contributed by atoms with Gasteiger partial charge in [-0.1, -0.05) is 18.2 Å². The fraction of sp³-hybridized carbons (Fsp3) is 0.294. The number of anilines is 1. The number of carbonyl (C=O) groups is 1. The Morgan fingerprint density at radius 3 is 3.00 bits per heavy atom. The fourth-order valence-electron chi connectivity index (χ4n) is 2.96. The van der Waals surface area contributed by atoms with Crippen LogP contribution in [0.4, 0.5) is 5.82 Å². The molecule has 9 nitrogen and oxygen atoms in total. The van der Waals surface area contributed by atoms with E-state index in [0.717, 1.165) is 0 Å². The van der Waals surface area contributed by atoms with Crippen LogP contribution in [0.2, 0.25) is 0 Å². The minimum atomic E-state index is -0.753. The average Bonchev–Trinajstić information content (AvgIpc) is 3.27. The number of nitrogens with one attached hydrogen (secondary N) is 1. The summed E-state index contributed by atoms with van der Waals surface area (Å²) in [5, 5.41) is 17.1. The highest BCUT2D eigenvalue weighted by Gasteiger charge is 2.35. The molecule has 0 saturated carbocycles. The molecule has 3 N–H and O–H groups in total. The maximum Gasteiger partial charge on any atom is 0.256 e. The lowest BCUT2D eigenvalue weighted by atomic mass is 10.2. The van der Waals surface area contributed by atoms with Gasteiger partial charge in [-0.25, -0.2) is 15.0 Å².